The highest BCUT2D eigenvalue weighted by molar-refractivity contribution is 5.56. The summed E-state index contributed by atoms with van der Waals surface area (Å²) in [5.74, 6) is 0. The smallest absolute Gasteiger partial charge is 0.240 e. The first-order valence-electron chi connectivity index (χ1n) is 5.79. The molecule has 0 aromatic heterocycles. The predicted octanol–water partition coefficient (Wildman–Crippen LogP) is 2.27. The van der Waals surface area contributed by atoms with Crippen LogP contribution in [0.5, 0.6) is 0 Å². The van der Waals surface area contributed by atoms with E-state index in [4.69, 9.17) is 4.74 Å². The topological polar surface area (TPSA) is 41.9 Å². The minimum absolute atomic E-state index is 0.394. The Kier molecular flexibility index (Phi) is 3.91. The summed E-state index contributed by atoms with van der Waals surface area (Å²) in [7, 11) is 1.77. The molecule has 0 bridgehead atoms. The highest BCUT2D eigenvalue weighted by Gasteiger charge is 2.18. The molecule has 1 aromatic carbocycles. The van der Waals surface area contributed by atoms with Crippen LogP contribution >= 0.6 is 0 Å². The third-order valence-electron chi connectivity index (χ3n) is 3.16. The van der Waals surface area contributed by atoms with Crippen molar-refractivity contribution >= 4 is 17.5 Å². The minimum Gasteiger partial charge on any atom is -0.381 e. The number of rotatable bonds is 3. The monoisotopic (exact) mass is 232 g/mol. The average molecular weight is 232 g/mol. The SMILES string of the molecule is COC1CCN(c2ccc(N=C=O)cc2)CC1. The van der Waals surface area contributed by atoms with E-state index in [1.165, 1.54) is 5.69 Å². The average Bonchev–Trinajstić information content (AvgIpc) is 2.40. The van der Waals surface area contributed by atoms with Crippen LogP contribution < -0.4 is 4.90 Å². The van der Waals surface area contributed by atoms with Gasteiger partial charge in [0.05, 0.1) is 11.8 Å². The first-order valence-corrected chi connectivity index (χ1v) is 5.79. The van der Waals surface area contributed by atoms with E-state index in [-0.39, 0.29) is 0 Å². The van der Waals surface area contributed by atoms with Gasteiger partial charge >= 0.3 is 0 Å². The van der Waals surface area contributed by atoms with Crippen molar-refractivity contribution in [2.75, 3.05) is 25.1 Å². The van der Waals surface area contributed by atoms with Crippen molar-refractivity contribution in [3.8, 4) is 0 Å². The zero-order valence-electron chi connectivity index (χ0n) is 9.93. The van der Waals surface area contributed by atoms with Crippen LogP contribution in [0.3, 0.4) is 0 Å². The standard InChI is InChI=1S/C13H16N2O2/c1-17-13-6-8-15(9-7-13)12-4-2-11(3-5-12)14-10-16/h2-5,13H,6-9H2,1H3. The van der Waals surface area contributed by atoms with Crippen molar-refractivity contribution in [2.45, 2.75) is 18.9 Å². The van der Waals surface area contributed by atoms with Gasteiger partial charge in [-0.3, -0.25) is 0 Å². The van der Waals surface area contributed by atoms with Crippen molar-refractivity contribution in [3.63, 3.8) is 0 Å². The summed E-state index contributed by atoms with van der Waals surface area (Å²) < 4.78 is 5.34. The third-order valence-corrected chi connectivity index (χ3v) is 3.16. The molecule has 4 heteroatoms. The van der Waals surface area contributed by atoms with E-state index in [0.717, 1.165) is 25.9 Å². The molecule has 0 radical (unpaired) electrons. The van der Waals surface area contributed by atoms with Crippen LogP contribution in [0.25, 0.3) is 0 Å². The Morgan fingerprint density at radius 3 is 2.47 bits per heavy atom. The van der Waals surface area contributed by atoms with E-state index in [1.54, 1.807) is 13.2 Å². The molecule has 1 aliphatic heterocycles. The second-order valence-corrected chi connectivity index (χ2v) is 4.14. The fourth-order valence-electron chi connectivity index (χ4n) is 2.14. The number of carbonyl (C=O) groups excluding carboxylic acids is 1. The highest BCUT2D eigenvalue weighted by atomic mass is 16.5. The molecule has 0 saturated carbocycles. The molecule has 4 nitrogen and oxygen atoms in total. The van der Waals surface area contributed by atoms with Crippen molar-refractivity contribution < 1.29 is 9.53 Å². The van der Waals surface area contributed by atoms with Gasteiger partial charge in [-0.05, 0) is 37.1 Å². The maximum absolute atomic E-state index is 10.1. The summed E-state index contributed by atoms with van der Waals surface area (Å²) >= 11 is 0. The molecular weight excluding hydrogens is 216 g/mol. The molecule has 0 atom stereocenters. The Bertz CT molecular complexity index is 402. The second kappa shape index (κ2) is 5.62. The quantitative estimate of drug-likeness (QED) is 0.593. The number of piperidine rings is 1. The Morgan fingerprint density at radius 1 is 1.29 bits per heavy atom. The normalized spacial score (nSPS) is 16.6. The lowest BCUT2D eigenvalue weighted by molar-refractivity contribution is 0.0819. The van der Waals surface area contributed by atoms with Gasteiger partial charge in [0.2, 0.25) is 6.08 Å². The van der Waals surface area contributed by atoms with Gasteiger partial charge in [0.1, 0.15) is 0 Å². The van der Waals surface area contributed by atoms with E-state index in [9.17, 15) is 4.79 Å². The first kappa shape index (κ1) is 11.8. The number of hydrogen-bond acceptors (Lipinski definition) is 4. The lowest BCUT2D eigenvalue weighted by atomic mass is 10.1. The zero-order chi connectivity index (χ0) is 12.1. The fourth-order valence-corrected chi connectivity index (χ4v) is 2.14. The Hall–Kier alpha value is -1.64. The van der Waals surface area contributed by atoms with Gasteiger partial charge in [0, 0.05) is 25.9 Å². The van der Waals surface area contributed by atoms with E-state index in [0.29, 0.717) is 11.8 Å². The Morgan fingerprint density at radius 2 is 1.94 bits per heavy atom. The molecule has 1 saturated heterocycles. The highest BCUT2D eigenvalue weighted by Crippen LogP contribution is 2.23. The summed E-state index contributed by atoms with van der Waals surface area (Å²) in [5.41, 5.74) is 1.82. The molecule has 90 valence electrons. The summed E-state index contributed by atoms with van der Waals surface area (Å²) in [6.45, 7) is 2.02. The molecule has 1 fully saturated rings. The van der Waals surface area contributed by atoms with Crippen LogP contribution in [0.15, 0.2) is 29.3 Å². The summed E-state index contributed by atoms with van der Waals surface area (Å²) in [4.78, 5) is 16.0. The number of ether oxygens (including phenoxy) is 1. The van der Waals surface area contributed by atoms with Crippen LogP contribution in [0, 0.1) is 0 Å². The number of methoxy groups -OCH3 is 1. The number of anilines is 1. The second-order valence-electron chi connectivity index (χ2n) is 4.14. The van der Waals surface area contributed by atoms with Crippen molar-refractivity contribution in [2.24, 2.45) is 4.99 Å². The van der Waals surface area contributed by atoms with Crippen molar-refractivity contribution in [1.82, 2.24) is 0 Å². The molecule has 0 N–H and O–H groups in total. The molecule has 1 aliphatic rings. The van der Waals surface area contributed by atoms with Crippen LogP contribution in [0.2, 0.25) is 0 Å². The van der Waals surface area contributed by atoms with Gasteiger partial charge in [-0.15, -0.1) is 0 Å². The van der Waals surface area contributed by atoms with Crippen molar-refractivity contribution in [3.05, 3.63) is 24.3 Å². The summed E-state index contributed by atoms with van der Waals surface area (Å²) in [6, 6.07) is 7.65. The summed E-state index contributed by atoms with van der Waals surface area (Å²) in [5, 5.41) is 0. The molecule has 0 amide bonds. The minimum atomic E-state index is 0.394. The largest absolute Gasteiger partial charge is 0.381 e. The van der Waals surface area contributed by atoms with Crippen LogP contribution in [0.1, 0.15) is 12.8 Å². The number of benzene rings is 1. The molecular formula is C13H16N2O2. The van der Waals surface area contributed by atoms with E-state index >= 15 is 0 Å². The lowest BCUT2D eigenvalue weighted by Crippen LogP contribution is -2.36. The van der Waals surface area contributed by atoms with E-state index in [1.807, 2.05) is 24.3 Å². The zero-order valence-corrected chi connectivity index (χ0v) is 9.93. The first-order chi connectivity index (χ1) is 8.33. The van der Waals surface area contributed by atoms with Crippen LogP contribution in [-0.4, -0.2) is 32.4 Å². The number of nitrogens with zero attached hydrogens (tertiary/aromatic N) is 2. The van der Waals surface area contributed by atoms with Gasteiger partial charge in [-0.1, -0.05) is 0 Å². The molecule has 0 aliphatic carbocycles. The van der Waals surface area contributed by atoms with Gasteiger partial charge in [-0.25, -0.2) is 4.79 Å². The lowest BCUT2D eigenvalue weighted by Gasteiger charge is -2.32. The molecule has 0 unspecified atom stereocenters. The van der Waals surface area contributed by atoms with Crippen molar-refractivity contribution in [1.29, 1.82) is 0 Å². The third kappa shape index (κ3) is 2.93. The van der Waals surface area contributed by atoms with Gasteiger partial charge in [0.25, 0.3) is 0 Å². The maximum Gasteiger partial charge on any atom is 0.240 e. The molecule has 1 aromatic rings. The van der Waals surface area contributed by atoms with E-state index < -0.39 is 0 Å². The maximum atomic E-state index is 10.1. The fraction of sp³-hybridized carbons (Fsp3) is 0.462. The molecule has 1 heterocycles. The van der Waals surface area contributed by atoms with Crippen LogP contribution in [0.4, 0.5) is 11.4 Å². The number of aliphatic imine (C=N–C) groups is 1. The number of hydrogen-bond donors (Lipinski definition) is 0. The molecule has 2 rings (SSSR count). The van der Waals surface area contributed by atoms with Crippen LogP contribution in [-0.2, 0) is 9.53 Å². The van der Waals surface area contributed by atoms with Gasteiger partial charge in [0.15, 0.2) is 0 Å². The Labute approximate surface area is 101 Å². The Balaban J connectivity index is 2.01. The molecule has 17 heavy (non-hydrogen) atoms. The molecule has 0 spiro atoms. The predicted molar refractivity (Wildman–Crippen MR) is 66.5 cm³/mol. The summed E-state index contributed by atoms with van der Waals surface area (Å²) in [6.07, 6.45) is 4.06. The van der Waals surface area contributed by atoms with E-state index in [2.05, 4.69) is 9.89 Å². The van der Waals surface area contributed by atoms with Gasteiger partial charge < -0.3 is 9.64 Å². The number of isocyanates is 1. The van der Waals surface area contributed by atoms with Gasteiger partial charge in [-0.2, -0.15) is 4.99 Å².